The number of nitrogens with zero attached hydrogens (tertiary/aromatic N) is 1. The molecule has 0 N–H and O–H groups in total. The van der Waals surface area contributed by atoms with Crippen LogP contribution in [-0.2, 0) is 11.3 Å². The molecule has 0 radical (unpaired) electrons. The molecule has 0 saturated heterocycles. The molecule has 3 aromatic carbocycles. The zero-order chi connectivity index (χ0) is 17.1. The Kier molecular flexibility index (Phi) is 4.32. The van der Waals surface area contributed by atoms with Crippen molar-refractivity contribution in [1.82, 2.24) is 4.90 Å². The molecule has 3 aromatic rings. The maximum absolute atomic E-state index is 13.1. The zero-order valence-electron chi connectivity index (χ0n) is 13.6. The second kappa shape index (κ2) is 6.91. The van der Waals surface area contributed by atoms with Crippen LogP contribution in [0.15, 0.2) is 91.0 Å². The Balaban J connectivity index is 1.78. The van der Waals surface area contributed by atoms with Gasteiger partial charge in [-0.2, -0.15) is 0 Å². The Hall–Kier alpha value is -2.91. The average Bonchev–Trinajstić information content (AvgIpc) is 3.01. The van der Waals surface area contributed by atoms with Crippen LogP contribution in [0.1, 0.15) is 16.7 Å². The van der Waals surface area contributed by atoms with Gasteiger partial charge in [0, 0.05) is 5.56 Å². The van der Waals surface area contributed by atoms with Gasteiger partial charge in [0.15, 0.2) is 0 Å². The summed E-state index contributed by atoms with van der Waals surface area (Å²) in [5.74, 6) is 0.0684. The lowest BCUT2D eigenvalue weighted by atomic mass is 10.1. The highest BCUT2D eigenvalue weighted by Crippen LogP contribution is 2.21. The van der Waals surface area contributed by atoms with Crippen LogP contribution < -0.4 is 0 Å². The standard InChI is InChI=1S/C22H17NOS/c24-21-20(18-12-6-2-7-13-18)25-22(19-14-8-3-9-15-19)23(21)16-17-10-4-1-5-11-17/h1-15H,16H2. The second-order valence-electron chi connectivity index (χ2n) is 5.85. The lowest BCUT2D eigenvalue weighted by Gasteiger charge is -2.20. The van der Waals surface area contributed by atoms with E-state index in [1.165, 1.54) is 0 Å². The van der Waals surface area contributed by atoms with Crippen LogP contribution in [0.25, 0.3) is 0 Å². The Morgan fingerprint density at radius 2 is 1.20 bits per heavy atom. The topological polar surface area (TPSA) is 20.3 Å². The molecule has 122 valence electrons. The quantitative estimate of drug-likeness (QED) is 0.651. The van der Waals surface area contributed by atoms with E-state index in [0.717, 1.165) is 26.5 Å². The van der Waals surface area contributed by atoms with Crippen molar-refractivity contribution < 1.29 is 4.79 Å². The third kappa shape index (κ3) is 3.19. The molecule has 0 spiro atoms. The van der Waals surface area contributed by atoms with Gasteiger partial charge >= 0.3 is 0 Å². The van der Waals surface area contributed by atoms with Crippen LogP contribution >= 0.6 is 10.9 Å². The smallest absolute Gasteiger partial charge is 0.269 e. The average molecular weight is 343 g/mol. The number of rotatable bonds is 4. The molecule has 4 rings (SSSR count). The van der Waals surface area contributed by atoms with Gasteiger partial charge in [-0.25, -0.2) is 0 Å². The lowest BCUT2D eigenvalue weighted by molar-refractivity contribution is -0.120. The maximum atomic E-state index is 13.1. The van der Waals surface area contributed by atoms with Crippen LogP contribution in [0, 0.1) is 0 Å². The molecule has 3 heteroatoms. The minimum Gasteiger partial charge on any atom is -0.294 e. The van der Waals surface area contributed by atoms with Gasteiger partial charge in [0.05, 0.1) is 6.54 Å². The first-order chi connectivity index (χ1) is 12.3. The van der Waals surface area contributed by atoms with E-state index >= 15 is 0 Å². The van der Waals surface area contributed by atoms with Gasteiger partial charge in [0.25, 0.3) is 5.91 Å². The number of benzene rings is 3. The Morgan fingerprint density at radius 3 is 1.80 bits per heavy atom. The van der Waals surface area contributed by atoms with Crippen molar-refractivity contribution in [2.45, 2.75) is 6.54 Å². The molecule has 0 unspecified atom stereocenters. The summed E-state index contributed by atoms with van der Waals surface area (Å²) in [5.41, 5.74) is 3.17. The van der Waals surface area contributed by atoms with Crippen molar-refractivity contribution in [3.63, 3.8) is 0 Å². The summed E-state index contributed by atoms with van der Waals surface area (Å²) in [7, 11) is 1.56. The summed E-state index contributed by atoms with van der Waals surface area (Å²) >= 11 is 0. The third-order valence-electron chi connectivity index (χ3n) is 4.12. The highest BCUT2D eigenvalue weighted by Gasteiger charge is 2.29. The van der Waals surface area contributed by atoms with E-state index in [2.05, 4.69) is 24.3 Å². The van der Waals surface area contributed by atoms with E-state index in [4.69, 9.17) is 0 Å². The molecule has 1 heterocycles. The molecular weight excluding hydrogens is 326 g/mol. The van der Waals surface area contributed by atoms with Crippen LogP contribution in [-0.4, -0.2) is 20.7 Å². The summed E-state index contributed by atoms with van der Waals surface area (Å²) in [5, 5.41) is 0. The summed E-state index contributed by atoms with van der Waals surface area (Å²) < 4.78 is 0. The van der Waals surface area contributed by atoms with E-state index in [1.54, 1.807) is 10.9 Å². The molecule has 0 aromatic heterocycles. The largest absolute Gasteiger partial charge is 0.294 e. The summed E-state index contributed by atoms with van der Waals surface area (Å²) in [6.45, 7) is 0.577. The van der Waals surface area contributed by atoms with Crippen molar-refractivity contribution in [3.05, 3.63) is 108 Å². The second-order valence-corrected chi connectivity index (χ2v) is 6.84. The van der Waals surface area contributed by atoms with E-state index < -0.39 is 0 Å². The van der Waals surface area contributed by atoms with Gasteiger partial charge in [-0.15, -0.1) is 10.9 Å². The van der Waals surface area contributed by atoms with Gasteiger partial charge in [-0.05, 0) is 11.1 Å². The molecule has 0 saturated carbocycles. The van der Waals surface area contributed by atoms with Crippen LogP contribution in [0.3, 0.4) is 0 Å². The molecule has 1 amide bonds. The molecule has 2 nitrogen and oxygen atoms in total. The minimum atomic E-state index is 0.0684. The number of hydrogen-bond acceptors (Lipinski definition) is 1. The number of hydrogen-bond donors (Lipinski definition) is 0. The molecule has 0 fully saturated rings. The van der Waals surface area contributed by atoms with Crippen LogP contribution in [0.4, 0.5) is 0 Å². The normalized spacial score (nSPS) is 13.9. The first kappa shape index (κ1) is 15.6. The molecular formula is C22H17NOS. The fourth-order valence-electron chi connectivity index (χ4n) is 2.89. The van der Waals surface area contributed by atoms with E-state index in [1.807, 2.05) is 71.6 Å². The Labute approximate surface area is 150 Å². The van der Waals surface area contributed by atoms with E-state index in [9.17, 15) is 4.79 Å². The Morgan fingerprint density at radius 1 is 0.680 bits per heavy atom. The molecule has 1 aliphatic heterocycles. The van der Waals surface area contributed by atoms with Crippen molar-refractivity contribution in [3.8, 4) is 0 Å². The van der Waals surface area contributed by atoms with Gasteiger partial charge < -0.3 is 0 Å². The van der Waals surface area contributed by atoms with Crippen LogP contribution in [0.2, 0.25) is 0 Å². The summed E-state index contributed by atoms with van der Waals surface area (Å²) in [6, 6.07) is 30.1. The van der Waals surface area contributed by atoms with Crippen molar-refractivity contribution >= 4 is 26.7 Å². The molecule has 0 atom stereocenters. The monoisotopic (exact) mass is 343 g/mol. The highest BCUT2D eigenvalue weighted by atomic mass is 32.1. The van der Waals surface area contributed by atoms with Gasteiger partial charge in [0.2, 0.25) is 0 Å². The number of amides is 1. The highest BCUT2D eigenvalue weighted by molar-refractivity contribution is 8.00. The van der Waals surface area contributed by atoms with E-state index in [0.29, 0.717) is 6.54 Å². The number of carbonyl (C=O) groups is 1. The first-order valence-corrected chi connectivity index (χ1v) is 9.03. The third-order valence-corrected chi connectivity index (χ3v) is 5.39. The van der Waals surface area contributed by atoms with Crippen molar-refractivity contribution in [2.75, 3.05) is 0 Å². The SMILES string of the molecule is O=C1C(c2ccccc2)=S=C(c2ccccc2)N1Cc1ccccc1. The fraction of sp³-hybridized carbons (Fsp3) is 0.0455. The number of carbonyl (C=O) groups excluding carboxylic acids is 1. The molecule has 0 aliphatic carbocycles. The zero-order valence-corrected chi connectivity index (χ0v) is 14.4. The molecule has 25 heavy (non-hydrogen) atoms. The van der Waals surface area contributed by atoms with Gasteiger partial charge in [-0.3, -0.25) is 9.69 Å². The lowest BCUT2D eigenvalue weighted by Crippen LogP contribution is -2.36. The summed E-state index contributed by atoms with van der Waals surface area (Å²) in [6.07, 6.45) is 0. The van der Waals surface area contributed by atoms with Gasteiger partial charge in [-0.1, -0.05) is 91.0 Å². The Bertz CT molecular complexity index is 959. The molecule has 0 bridgehead atoms. The van der Waals surface area contributed by atoms with Gasteiger partial charge in [0.1, 0.15) is 9.85 Å². The predicted molar refractivity (Wildman–Crippen MR) is 106 cm³/mol. The predicted octanol–water partition coefficient (Wildman–Crippen LogP) is 4.16. The van der Waals surface area contributed by atoms with Crippen molar-refractivity contribution in [2.24, 2.45) is 0 Å². The minimum absolute atomic E-state index is 0.0684. The van der Waals surface area contributed by atoms with Crippen molar-refractivity contribution in [1.29, 1.82) is 0 Å². The maximum Gasteiger partial charge on any atom is 0.269 e. The summed E-state index contributed by atoms with van der Waals surface area (Å²) in [4.78, 5) is 16.8. The fourth-order valence-corrected chi connectivity index (χ4v) is 4.04. The van der Waals surface area contributed by atoms with Crippen LogP contribution in [0.5, 0.6) is 0 Å². The van der Waals surface area contributed by atoms with E-state index in [-0.39, 0.29) is 5.91 Å². The molecule has 1 aliphatic rings. The first-order valence-electron chi connectivity index (χ1n) is 8.21.